The molecule has 5 aliphatic rings. The molecule has 1 aromatic rings. The van der Waals surface area contributed by atoms with Crippen molar-refractivity contribution in [3.8, 4) is 0 Å². The number of fused-ring (bicyclic) bond motifs is 3. The van der Waals surface area contributed by atoms with Gasteiger partial charge >= 0.3 is 0 Å². The van der Waals surface area contributed by atoms with Crippen LogP contribution in [0.25, 0.3) is 0 Å². The number of aromatic nitrogens is 2. The Kier molecular flexibility index (Phi) is 7.99. The molecule has 0 amide bonds. The summed E-state index contributed by atoms with van der Waals surface area (Å²) in [7, 11) is 0. The molecule has 4 nitrogen and oxygen atoms in total. The molecule has 4 saturated carbocycles. The van der Waals surface area contributed by atoms with Gasteiger partial charge in [0.05, 0.1) is 0 Å². The van der Waals surface area contributed by atoms with E-state index in [1.807, 2.05) is 0 Å². The summed E-state index contributed by atoms with van der Waals surface area (Å²) in [5.74, 6) is 8.11. The van der Waals surface area contributed by atoms with Gasteiger partial charge in [-0.25, -0.2) is 0 Å². The van der Waals surface area contributed by atoms with E-state index in [1.165, 1.54) is 96.3 Å². The van der Waals surface area contributed by atoms with Crippen LogP contribution < -0.4 is 0 Å². The lowest BCUT2D eigenvalue weighted by Gasteiger charge is -2.41. The average molecular weight is 530 g/mol. The van der Waals surface area contributed by atoms with Gasteiger partial charge in [0.25, 0.3) is 0 Å². The summed E-state index contributed by atoms with van der Waals surface area (Å²) in [6, 6.07) is 1.51. The van der Waals surface area contributed by atoms with E-state index in [1.54, 1.807) is 0 Å². The average Bonchev–Trinajstić information content (AvgIpc) is 3.53. The lowest BCUT2D eigenvalue weighted by atomic mass is 9.65. The minimum absolute atomic E-state index is 0.468. The molecule has 1 aliphatic heterocycles. The Morgan fingerprint density at radius 3 is 2.00 bits per heavy atom. The van der Waals surface area contributed by atoms with Crippen LogP contribution in [0.3, 0.4) is 0 Å². The molecular formula is C32H52ClN3O. The van der Waals surface area contributed by atoms with Crippen LogP contribution in [0.2, 0.25) is 0 Å². The summed E-state index contributed by atoms with van der Waals surface area (Å²) >= 11 is 6.25. The Balaban J connectivity index is 1.03. The van der Waals surface area contributed by atoms with Gasteiger partial charge in [-0.1, -0.05) is 33.6 Å². The smallest absolute Gasteiger partial charge is 0.219 e. The zero-order valence-electron chi connectivity index (χ0n) is 23.8. The van der Waals surface area contributed by atoms with Crippen LogP contribution in [-0.4, -0.2) is 39.6 Å². The fourth-order valence-electron chi connectivity index (χ4n) is 9.88. The Labute approximate surface area is 231 Å². The molecule has 0 radical (unpaired) electrons. The van der Waals surface area contributed by atoms with Crippen molar-refractivity contribution in [3.05, 3.63) is 11.8 Å². The predicted molar refractivity (Wildman–Crippen MR) is 151 cm³/mol. The van der Waals surface area contributed by atoms with Crippen molar-refractivity contribution in [2.75, 3.05) is 12.4 Å². The van der Waals surface area contributed by atoms with E-state index < -0.39 is 0 Å². The molecule has 208 valence electrons. The second-order valence-corrected chi connectivity index (χ2v) is 15.1. The third kappa shape index (κ3) is 5.41. The van der Waals surface area contributed by atoms with Gasteiger partial charge in [0, 0.05) is 36.3 Å². The van der Waals surface area contributed by atoms with Gasteiger partial charge in [-0.05, 0) is 118 Å². The molecule has 0 aromatic carbocycles. The molecule has 5 unspecified atom stereocenters. The summed E-state index contributed by atoms with van der Waals surface area (Å²) in [4.78, 5) is 2.81. The Morgan fingerprint density at radius 2 is 1.32 bits per heavy atom. The van der Waals surface area contributed by atoms with Crippen LogP contribution >= 0.6 is 11.6 Å². The fraction of sp³-hybridized carbons (Fsp3) is 0.938. The zero-order valence-corrected chi connectivity index (χ0v) is 24.6. The SMILES string of the molecule is CC(C)(C)C1CCC(C2CCC(c3nnc(C4CCC5C(C4)C4CCCCC4N5CCCl)o3)CC2)CC1. The molecule has 0 N–H and O–H groups in total. The maximum absolute atomic E-state index is 6.50. The maximum atomic E-state index is 6.50. The molecule has 37 heavy (non-hydrogen) atoms. The van der Waals surface area contributed by atoms with E-state index in [0.717, 1.165) is 65.9 Å². The second kappa shape index (κ2) is 11.1. The second-order valence-electron chi connectivity index (χ2n) is 14.8. The van der Waals surface area contributed by atoms with Crippen molar-refractivity contribution >= 4 is 11.6 Å². The molecular weight excluding hydrogens is 478 g/mol. The quantitative estimate of drug-likeness (QED) is 0.358. The Morgan fingerprint density at radius 1 is 0.730 bits per heavy atom. The predicted octanol–water partition coefficient (Wildman–Crippen LogP) is 8.56. The number of nitrogens with zero attached hydrogens (tertiary/aromatic N) is 3. The van der Waals surface area contributed by atoms with E-state index in [-0.39, 0.29) is 0 Å². The zero-order chi connectivity index (χ0) is 25.6. The van der Waals surface area contributed by atoms with Crippen LogP contribution in [0, 0.1) is 35.0 Å². The number of rotatable bonds is 5. The number of halogens is 1. The van der Waals surface area contributed by atoms with E-state index in [9.17, 15) is 0 Å². The van der Waals surface area contributed by atoms with Crippen molar-refractivity contribution in [1.82, 2.24) is 15.1 Å². The van der Waals surface area contributed by atoms with E-state index >= 15 is 0 Å². The van der Waals surface area contributed by atoms with Gasteiger partial charge in [0.1, 0.15) is 0 Å². The molecule has 5 fully saturated rings. The van der Waals surface area contributed by atoms with E-state index in [2.05, 4.69) is 35.9 Å². The number of likely N-dealkylation sites (tertiary alicyclic amines) is 1. The van der Waals surface area contributed by atoms with Crippen molar-refractivity contribution in [2.45, 2.75) is 141 Å². The first-order chi connectivity index (χ1) is 17.9. The van der Waals surface area contributed by atoms with E-state index in [0.29, 0.717) is 17.3 Å². The highest BCUT2D eigenvalue weighted by molar-refractivity contribution is 6.18. The van der Waals surface area contributed by atoms with Gasteiger partial charge in [0.2, 0.25) is 11.8 Å². The molecule has 1 aromatic heterocycles. The van der Waals surface area contributed by atoms with Gasteiger partial charge in [0.15, 0.2) is 0 Å². The van der Waals surface area contributed by atoms with E-state index in [4.69, 9.17) is 16.0 Å². The number of alkyl halides is 1. The summed E-state index contributed by atoms with van der Waals surface area (Å²) in [5, 5.41) is 9.33. The first-order valence-corrected chi connectivity index (χ1v) is 16.6. The molecule has 5 heteroatoms. The highest BCUT2D eigenvalue weighted by Crippen LogP contribution is 2.52. The van der Waals surface area contributed by atoms with Crippen molar-refractivity contribution < 1.29 is 4.42 Å². The van der Waals surface area contributed by atoms with Gasteiger partial charge in [-0.2, -0.15) is 0 Å². The van der Waals surface area contributed by atoms with Gasteiger partial charge in [-0.15, -0.1) is 21.8 Å². The third-order valence-corrected chi connectivity index (χ3v) is 12.1. The van der Waals surface area contributed by atoms with Crippen LogP contribution in [-0.2, 0) is 0 Å². The third-order valence-electron chi connectivity index (χ3n) is 12.0. The summed E-state index contributed by atoms with van der Waals surface area (Å²) in [6.45, 7) is 8.37. The normalized spacial score (nSPS) is 41.4. The Bertz CT molecular complexity index is 879. The fourth-order valence-corrected chi connectivity index (χ4v) is 10.1. The minimum Gasteiger partial charge on any atom is -0.425 e. The maximum Gasteiger partial charge on any atom is 0.219 e. The van der Waals surface area contributed by atoms with Crippen molar-refractivity contribution in [1.29, 1.82) is 0 Å². The first kappa shape index (κ1) is 26.6. The minimum atomic E-state index is 0.468. The number of hydrogen-bond donors (Lipinski definition) is 0. The largest absolute Gasteiger partial charge is 0.425 e. The van der Waals surface area contributed by atoms with Gasteiger partial charge in [-0.3, -0.25) is 4.90 Å². The lowest BCUT2D eigenvalue weighted by Crippen LogP contribution is -2.41. The molecule has 4 aliphatic carbocycles. The van der Waals surface area contributed by atoms with Crippen LogP contribution in [0.5, 0.6) is 0 Å². The summed E-state index contributed by atoms with van der Waals surface area (Å²) < 4.78 is 6.50. The standard InChI is InChI=1S/C32H52ClN3O/c1-32(2,3)25-15-12-22(13-16-25)21-8-10-23(11-9-21)30-34-35-31(37-30)24-14-17-29-27(20-24)26-6-4-5-7-28(26)36(29)19-18-33/h21-29H,4-20H2,1-3H3. The Hall–Kier alpha value is -0.610. The van der Waals surface area contributed by atoms with Crippen LogP contribution in [0.1, 0.15) is 141 Å². The van der Waals surface area contributed by atoms with Crippen LogP contribution in [0.15, 0.2) is 4.42 Å². The lowest BCUT2D eigenvalue weighted by molar-refractivity contribution is 0.105. The first-order valence-electron chi connectivity index (χ1n) is 16.1. The van der Waals surface area contributed by atoms with Crippen molar-refractivity contribution in [3.63, 3.8) is 0 Å². The highest BCUT2D eigenvalue weighted by atomic mass is 35.5. The molecule has 0 spiro atoms. The molecule has 6 rings (SSSR count). The molecule has 0 bridgehead atoms. The highest BCUT2D eigenvalue weighted by Gasteiger charge is 2.51. The number of hydrogen-bond acceptors (Lipinski definition) is 4. The summed E-state index contributed by atoms with van der Waals surface area (Å²) in [5.41, 5.74) is 0.483. The summed E-state index contributed by atoms with van der Waals surface area (Å²) in [6.07, 6.45) is 20.3. The molecule has 1 saturated heterocycles. The van der Waals surface area contributed by atoms with Gasteiger partial charge < -0.3 is 4.42 Å². The van der Waals surface area contributed by atoms with Crippen LogP contribution in [0.4, 0.5) is 0 Å². The molecule has 5 atom stereocenters. The topological polar surface area (TPSA) is 42.2 Å². The molecule has 2 heterocycles. The monoisotopic (exact) mass is 529 g/mol. The van der Waals surface area contributed by atoms with Crippen molar-refractivity contribution in [2.24, 2.45) is 35.0 Å².